The number of hydrogen-bond acceptors (Lipinski definition) is 4. The van der Waals surface area contributed by atoms with E-state index in [1.54, 1.807) is 10.6 Å². The molecule has 7 heteroatoms. The molecule has 2 aromatic rings. The molecule has 3 rings (SSSR count). The van der Waals surface area contributed by atoms with Crippen molar-refractivity contribution in [2.45, 2.75) is 18.8 Å². The molecule has 0 bridgehead atoms. The molecule has 0 radical (unpaired) electrons. The quantitative estimate of drug-likeness (QED) is 0.778. The van der Waals surface area contributed by atoms with Crippen LogP contribution < -0.4 is 5.32 Å². The van der Waals surface area contributed by atoms with E-state index in [0.717, 1.165) is 0 Å². The van der Waals surface area contributed by atoms with Crippen molar-refractivity contribution in [3.8, 4) is 0 Å². The molecule has 0 spiro atoms. The van der Waals surface area contributed by atoms with E-state index in [9.17, 15) is 14.4 Å². The highest BCUT2D eigenvalue weighted by Crippen LogP contribution is 2.26. The predicted octanol–water partition coefficient (Wildman–Crippen LogP) is 0.553. The van der Waals surface area contributed by atoms with Gasteiger partial charge in [0.2, 0.25) is 11.8 Å². The third kappa shape index (κ3) is 1.93. The molecule has 102 valence electrons. The summed E-state index contributed by atoms with van der Waals surface area (Å²) < 4.78 is 1.67. The maximum atomic E-state index is 11.9. The number of fused-ring (bicyclic) bond motifs is 1. The number of imidazole rings is 1. The lowest BCUT2D eigenvalue weighted by Crippen LogP contribution is -2.40. The van der Waals surface area contributed by atoms with Crippen LogP contribution in [0, 0.1) is 0 Å². The Kier molecular flexibility index (Phi) is 2.74. The van der Waals surface area contributed by atoms with Crippen LogP contribution in [-0.4, -0.2) is 32.3 Å². The van der Waals surface area contributed by atoms with Gasteiger partial charge in [0, 0.05) is 24.5 Å². The molecule has 1 aliphatic heterocycles. The Bertz CT molecular complexity index is 734. The number of carboxylic acid groups (broad SMARTS) is 1. The number of amides is 2. The summed E-state index contributed by atoms with van der Waals surface area (Å²) >= 11 is 0. The lowest BCUT2D eigenvalue weighted by molar-refractivity contribution is -0.134. The summed E-state index contributed by atoms with van der Waals surface area (Å²) in [5.41, 5.74) is 1.07. The summed E-state index contributed by atoms with van der Waals surface area (Å²) in [6.45, 7) is 0. The summed E-state index contributed by atoms with van der Waals surface area (Å²) in [6, 6.07) is 2.90. The molecule has 1 saturated heterocycles. The highest BCUT2D eigenvalue weighted by molar-refractivity contribution is 6.01. The summed E-state index contributed by atoms with van der Waals surface area (Å²) in [5.74, 6) is -2.34. The third-order valence-corrected chi connectivity index (χ3v) is 3.38. The fourth-order valence-corrected chi connectivity index (χ4v) is 2.42. The largest absolute Gasteiger partial charge is 0.478 e. The number of nitrogens with one attached hydrogen (secondary N) is 1. The van der Waals surface area contributed by atoms with E-state index >= 15 is 0 Å². The number of aromatic nitrogens is 2. The van der Waals surface area contributed by atoms with Gasteiger partial charge in [-0.15, -0.1) is 0 Å². The van der Waals surface area contributed by atoms with Gasteiger partial charge in [-0.05, 0) is 18.6 Å². The van der Waals surface area contributed by atoms with Crippen LogP contribution in [0.4, 0.5) is 0 Å². The lowest BCUT2D eigenvalue weighted by atomic mass is 9.93. The van der Waals surface area contributed by atoms with Crippen LogP contribution in [0.15, 0.2) is 24.5 Å². The maximum Gasteiger partial charge on any atom is 0.335 e. The standard InChI is InChI=1S/C13H11N3O4/c17-11-2-1-8(12(18)15-11)9-5-7(13(19)20)6-10-14-3-4-16(9)10/h3-6,8H,1-2H2,(H,19,20)(H,15,17,18). The molecule has 3 heterocycles. The van der Waals surface area contributed by atoms with E-state index in [-0.39, 0.29) is 17.9 Å². The molecule has 1 fully saturated rings. The first kappa shape index (κ1) is 12.3. The number of nitrogens with zero attached hydrogens (tertiary/aromatic N) is 2. The first-order valence-electron chi connectivity index (χ1n) is 6.10. The van der Waals surface area contributed by atoms with E-state index in [1.165, 1.54) is 18.3 Å². The zero-order valence-electron chi connectivity index (χ0n) is 10.4. The van der Waals surface area contributed by atoms with Gasteiger partial charge in [0.05, 0.1) is 11.5 Å². The molecular formula is C13H11N3O4. The summed E-state index contributed by atoms with van der Waals surface area (Å²) in [6.07, 6.45) is 3.81. The van der Waals surface area contributed by atoms with Gasteiger partial charge in [-0.25, -0.2) is 9.78 Å². The molecule has 0 saturated carbocycles. The number of imide groups is 1. The van der Waals surface area contributed by atoms with Crippen LogP contribution in [0.3, 0.4) is 0 Å². The minimum atomic E-state index is -1.08. The molecule has 0 aliphatic carbocycles. The fraction of sp³-hybridized carbons (Fsp3) is 0.231. The van der Waals surface area contributed by atoms with Gasteiger partial charge < -0.3 is 9.51 Å². The Morgan fingerprint density at radius 1 is 1.40 bits per heavy atom. The van der Waals surface area contributed by atoms with Crippen LogP contribution >= 0.6 is 0 Å². The van der Waals surface area contributed by atoms with E-state index in [4.69, 9.17) is 5.11 Å². The predicted molar refractivity (Wildman–Crippen MR) is 67.3 cm³/mol. The van der Waals surface area contributed by atoms with Gasteiger partial charge in [0.1, 0.15) is 5.65 Å². The third-order valence-electron chi connectivity index (χ3n) is 3.38. The van der Waals surface area contributed by atoms with Crippen molar-refractivity contribution in [3.05, 3.63) is 35.8 Å². The number of aromatic carboxylic acids is 1. The average Bonchev–Trinajstić information content (AvgIpc) is 2.86. The fourth-order valence-electron chi connectivity index (χ4n) is 2.42. The Morgan fingerprint density at radius 2 is 2.20 bits per heavy atom. The van der Waals surface area contributed by atoms with Gasteiger partial charge in [0.15, 0.2) is 0 Å². The van der Waals surface area contributed by atoms with Crippen LogP contribution in [0.2, 0.25) is 0 Å². The van der Waals surface area contributed by atoms with E-state index in [0.29, 0.717) is 17.8 Å². The normalized spacial score (nSPS) is 19.1. The van der Waals surface area contributed by atoms with Gasteiger partial charge >= 0.3 is 5.97 Å². The Balaban J connectivity index is 2.14. The smallest absolute Gasteiger partial charge is 0.335 e. The van der Waals surface area contributed by atoms with Gasteiger partial charge in [-0.2, -0.15) is 0 Å². The lowest BCUT2D eigenvalue weighted by Gasteiger charge is -2.22. The van der Waals surface area contributed by atoms with Crippen molar-refractivity contribution in [3.63, 3.8) is 0 Å². The van der Waals surface area contributed by atoms with Crippen molar-refractivity contribution in [2.24, 2.45) is 0 Å². The zero-order valence-corrected chi connectivity index (χ0v) is 10.4. The molecule has 2 amide bonds. The minimum absolute atomic E-state index is 0.0726. The van der Waals surface area contributed by atoms with Gasteiger partial charge in [0.25, 0.3) is 0 Å². The Hall–Kier alpha value is -2.70. The topological polar surface area (TPSA) is 101 Å². The highest BCUT2D eigenvalue weighted by atomic mass is 16.4. The van der Waals surface area contributed by atoms with Crippen molar-refractivity contribution in [2.75, 3.05) is 0 Å². The second kappa shape index (κ2) is 4.44. The van der Waals surface area contributed by atoms with Crippen molar-refractivity contribution in [1.82, 2.24) is 14.7 Å². The zero-order chi connectivity index (χ0) is 14.3. The number of piperidine rings is 1. The van der Waals surface area contributed by atoms with Gasteiger partial charge in [-0.1, -0.05) is 0 Å². The first-order chi connectivity index (χ1) is 9.56. The average molecular weight is 273 g/mol. The van der Waals surface area contributed by atoms with Crippen molar-refractivity contribution >= 4 is 23.4 Å². The van der Waals surface area contributed by atoms with Crippen LogP contribution in [-0.2, 0) is 9.59 Å². The summed E-state index contributed by atoms with van der Waals surface area (Å²) in [5, 5.41) is 11.4. The molecule has 1 aliphatic rings. The first-order valence-corrected chi connectivity index (χ1v) is 6.10. The Labute approximate surface area is 113 Å². The van der Waals surface area contributed by atoms with E-state index < -0.39 is 17.8 Å². The minimum Gasteiger partial charge on any atom is -0.478 e. The molecule has 20 heavy (non-hydrogen) atoms. The number of carboxylic acids is 1. The number of pyridine rings is 1. The van der Waals surface area contributed by atoms with E-state index in [1.807, 2.05) is 0 Å². The number of rotatable bonds is 2. The molecule has 2 aromatic heterocycles. The second-order valence-corrected chi connectivity index (χ2v) is 4.63. The summed E-state index contributed by atoms with van der Waals surface area (Å²) in [7, 11) is 0. The van der Waals surface area contributed by atoms with Gasteiger partial charge in [-0.3, -0.25) is 14.9 Å². The van der Waals surface area contributed by atoms with Crippen LogP contribution in [0.5, 0.6) is 0 Å². The second-order valence-electron chi connectivity index (χ2n) is 4.63. The monoisotopic (exact) mass is 273 g/mol. The van der Waals surface area contributed by atoms with E-state index in [2.05, 4.69) is 10.3 Å². The molecule has 2 N–H and O–H groups in total. The van der Waals surface area contributed by atoms with Crippen LogP contribution in [0.25, 0.3) is 5.65 Å². The number of carbonyl (C=O) groups is 3. The highest BCUT2D eigenvalue weighted by Gasteiger charge is 2.30. The van der Waals surface area contributed by atoms with Crippen LogP contribution in [0.1, 0.15) is 34.8 Å². The molecule has 7 nitrogen and oxygen atoms in total. The molecule has 1 atom stereocenters. The number of hydrogen-bond donors (Lipinski definition) is 2. The Morgan fingerprint density at radius 3 is 2.90 bits per heavy atom. The molecular weight excluding hydrogens is 262 g/mol. The van der Waals surface area contributed by atoms with Crippen molar-refractivity contribution < 1.29 is 19.5 Å². The number of carbonyl (C=O) groups excluding carboxylic acids is 2. The van der Waals surface area contributed by atoms with Crippen molar-refractivity contribution in [1.29, 1.82) is 0 Å². The summed E-state index contributed by atoms with van der Waals surface area (Å²) in [4.78, 5) is 38.3. The SMILES string of the molecule is O=C1CCC(c2cc(C(=O)O)cc3nccn23)C(=O)N1. The molecule has 1 unspecified atom stereocenters. The molecule has 0 aromatic carbocycles. The maximum absolute atomic E-state index is 11.9.